The molecule has 2 aromatic heterocycles. The molecule has 1 fully saturated rings. The Morgan fingerprint density at radius 1 is 1.05 bits per heavy atom. The normalized spacial score (nSPS) is 15.0. The fraction of sp³-hybridized carbons (Fsp3) is 0.310. The predicted molar refractivity (Wildman–Crippen MR) is 154 cm³/mol. The molecule has 0 unspecified atom stereocenters. The Kier molecular flexibility index (Phi) is 8.41. The first-order chi connectivity index (χ1) is 20.1. The van der Waals surface area contributed by atoms with Gasteiger partial charge in [-0.1, -0.05) is 12.1 Å². The number of aliphatic hydroxyl groups excluding tert-OH is 1. The van der Waals surface area contributed by atoms with E-state index in [1.54, 1.807) is 60.4 Å². The predicted octanol–water partition coefficient (Wildman–Crippen LogP) is 4.14. The summed E-state index contributed by atoms with van der Waals surface area (Å²) in [4.78, 5) is 30.3. The van der Waals surface area contributed by atoms with Crippen LogP contribution in [0.2, 0.25) is 0 Å². The number of anilines is 3. The van der Waals surface area contributed by atoms with Crippen molar-refractivity contribution in [3.05, 3.63) is 78.2 Å². The molecule has 3 N–H and O–H groups in total. The molecule has 1 aliphatic rings. The summed E-state index contributed by atoms with van der Waals surface area (Å²) >= 11 is 0. The van der Waals surface area contributed by atoms with Crippen molar-refractivity contribution in [2.45, 2.75) is 19.2 Å². The van der Waals surface area contributed by atoms with Crippen molar-refractivity contribution < 1.29 is 23.1 Å². The summed E-state index contributed by atoms with van der Waals surface area (Å²) in [5.74, 6) is 0.746. The third-order valence-corrected chi connectivity index (χ3v) is 6.84. The maximum atomic E-state index is 13.8. The molecule has 13 heteroatoms. The van der Waals surface area contributed by atoms with Gasteiger partial charge < -0.3 is 25.5 Å². The molecule has 3 heterocycles. The molecule has 0 spiro atoms. The topological polar surface area (TPSA) is 111 Å². The van der Waals surface area contributed by atoms with Crippen molar-refractivity contribution in [1.82, 2.24) is 24.4 Å². The van der Waals surface area contributed by atoms with Gasteiger partial charge in [-0.05, 0) is 50.4 Å². The number of nitrogens with one attached hydrogen (secondary N) is 2. The number of piperazine rings is 1. The fourth-order valence-corrected chi connectivity index (χ4v) is 4.60. The third-order valence-electron chi connectivity index (χ3n) is 6.84. The summed E-state index contributed by atoms with van der Waals surface area (Å²) in [7, 11) is 1.96. The van der Waals surface area contributed by atoms with Crippen molar-refractivity contribution in [3.63, 3.8) is 0 Å². The Bertz CT molecular complexity index is 1550. The van der Waals surface area contributed by atoms with Crippen LogP contribution < -0.4 is 15.5 Å². The van der Waals surface area contributed by atoms with Crippen molar-refractivity contribution in [2.24, 2.45) is 0 Å². The average molecular weight is 581 g/mol. The van der Waals surface area contributed by atoms with E-state index < -0.39 is 23.8 Å². The number of alkyl halides is 3. The van der Waals surface area contributed by atoms with E-state index in [1.165, 1.54) is 6.07 Å². The number of benzene rings is 2. The number of halogens is 3. The summed E-state index contributed by atoms with van der Waals surface area (Å²) < 4.78 is 43.0. The fourth-order valence-electron chi connectivity index (χ4n) is 4.60. The quantitative estimate of drug-likeness (QED) is 0.285. The van der Waals surface area contributed by atoms with Crippen molar-refractivity contribution in [3.8, 4) is 17.2 Å². The Morgan fingerprint density at radius 2 is 1.83 bits per heavy atom. The average Bonchev–Trinajstić information content (AvgIpc) is 3.46. The van der Waals surface area contributed by atoms with Gasteiger partial charge in [-0.15, -0.1) is 0 Å². The number of rotatable bonds is 8. The van der Waals surface area contributed by atoms with Crippen LogP contribution in [0.1, 0.15) is 22.8 Å². The van der Waals surface area contributed by atoms with Crippen LogP contribution >= 0.6 is 0 Å². The molecular weight excluding hydrogens is 549 g/mol. The minimum absolute atomic E-state index is 0.0798. The van der Waals surface area contributed by atoms with Crippen molar-refractivity contribution >= 4 is 23.2 Å². The minimum Gasteiger partial charge on any atom is -0.392 e. The molecule has 1 saturated heterocycles. The molecule has 1 amide bonds. The minimum atomic E-state index is -4.60. The highest BCUT2D eigenvalue weighted by Crippen LogP contribution is 2.34. The molecular formula is C29H31F3N8O2. The number of nitrogens with zero attached hydrogens (tertiary/aromatic N) is 6. The zero-order chi connectivity index (χ0) is 29.9. The summed E-state index contributed by atoms with van der Waals surface area (Å²) in [6.45, 7) is 4.50. The lowest BCUT2D eigenvalue weighted by Crippen LogP contribution is -2.44. The van der Waals surface area contributed by atoms with E-state index in [4.69, 9.17) is 0 Å². The van der Waals surface area contributed by atoms with Gasteiger partial charge in [-0.25, -0.2) is 9.97 Å². The van der Waals surface area contributed by atoms with Crippen molar-refractivity contribution in [2.75, 3.05) is 55.3 Å². The van der Waals surface area contributed by atoms with Crippen LogP contribution in [0.3, 0.4) is 0 Å². The highest BCUT2D eigenvalue weighted by atomic mass is 19.4. The summed E-state index contributed by atoms with van der Waals surface area (Å²) in [5.41, 5.74) is 0.464. The van der Waals surface area contributed by atoms with E-state index in [0.29, 0.717) is 47.6 Å². The van der Waals surface area contributed by atoms with E-state index in [2.05, 4.69) is 30.5 Å². The molecule has 4 aromatic rings. The zero-order valence-electron chi connectivity index (χ0n) is 23.1. The lowest BCUT2D eigenvalue weighted by Gasteiger charge is -2.34. The number of hydrogen-bond donors (Lipinski definition) is 3. The molecule has 42 heavy (non-hydrogen) atoms. The van der Waals surface area contributed by atoms with Crippen LogP contribution in [0.15, 0.2) is 67.1 Å². The summed E-state index contributed by atoms with van der Waals surface area (Å²) in [6, 6.07) is 12.1. The number of aliphatic hydroxyl groups is 1. The van der Waals surface area contributed by atoms with Gasteiger partial charge in [-0.3, -0.25) is 9.36 Å². The second kappa shape index (κ2) is 12.2. The van der Waals surface area contributed by atoms with Gasteiger partial charge >= 0.3 is 6.18 Å². The van der Waals surface area contributed by atoms with Gasteiger partial charge in [0.15, 0.2) is 0 Å². The van der Waals surface area contributed by atoms with Gasteiger partial charge in [-0.2, -0.15) is 18.2 Å². The van der Waals surface area contributed by atoms with Crippen LogP contribution in [0.4, 0.5) is 30.5 Å². The van der Waals surface area contributed by atoms with Gasteiger partial charge in [0.05, 0.1) is 11.7 Å². The maximum Gasteiger partial charge on any atom is 0.416 e. The molecule has 1 aliphatic heterocycles. The second-order valence-corrected chi connectivity index (χ2v) is 10.2. The number of carbonyl (C=O) groups excluding carboxylic acids is 1. The van der Waals surface area contributed by atoms with Crippen LogP contribution in [0.25, 0.3) is 17.2 Å². The Morgan fingerprint density at radius 3 is 2.57 bits per heavy atom. The number of carbonyl (C=O) groups is 1. The maximum absolute atomic E-state index is 13.8. The van der Waals surface area contributed by atoms with Crippen LogP contribution in [0, 0.1) is 0 Å². The smallest absolute Gasteiger partial charge is 0.392 e. The molecule has 0 bridgehead atoms. The van der Waals surface area contributed by atoms with Gasteiger partial charge in [0.1, 0.15) is 11.6 Å². The molecule has 0 aliphatic carbocycles. The molecule has 5 rings (SSSR count). The van der Waals surface area contributed by atoms with E-state index in [1.807, 2.05) is 11.9 Å². The monoisotopic (exact) mass is 580 g/mol. The first-order valence-electron chi connectivity index (χ1n) is 13.4. The molecule has 2 aromatic carbocycles. The Labute approximate surface area is 240 Å². The van der Waals surface area contributed by atoms with Gasteiger partial charge in [0.25, 0.3) is 5.91 Å². The highest BCUT2D eigenvalue weighted by molar-refractivity contribution is 6.05. The van der Waals surface area contributed by atoms with E-state index in [9.17, 15) is 23.1 Å². The second-order valence-electron chi connectivity index (χ2n) is 10.2. The highest BCUT2D eigenvalue weighted by Gasteiger charge is 2.32. The zero-order valence-corrected chi connectivity index (χ0v) is 23.1. The molecule has 0 radical (unpaired) electrons. The van der Waals surface area contributed by atoms with Crippen LogP contribution in [0.5, 0.6) is 0 Å². The largest absolute Gasteiger partial charge is 0.416 e. The number of aromatic nitrogens is 4. The number of imidazole rings is 1. The van der Waals surface area contributed by atoms with Gasteiger partial charge in [0.2, 0.25) is 5.95 Å². The third kappa shape index (κ3) is 6.86. The van der Waals surface area contributed by atoms with Crippen LogP contribution in [-0.2, 0) is 6.18 Å². The molecule has 0 saturated carbocycles. The Balaban J connectivity index is 1.39. The molecule has 10 nitrogen and oxygen atoms in total. The first-order valence-corrected chi connectivity index (χ1v) is 13.4. The van der Waals surface area contributed by atoms with E-state index >= 15 is 0 Å². The van der Waals surface area contributed by atoms with Crippen LogP contribution in [-0.4, -0.2) is 81.3 Å². The van der Waals surface area contributed by atoms with Crippen molar-refractivity contribution in [1.29, 1.82) is 0 Å². The molecule has 220 valence electrons. The lowest BCUT2D eigenvalue weighted by molar-refractivity contribution is -0.137. The number of likely N-dealkylation sites (N-methyl/N-ethyl adjacent to an activating group) is 1. The lowest BCUT2D eigenvalue weighted by atomic mass is 10.1. The first kappa shape index (κ1) is 29.0. The molecule has 1 atom stereocenters. The standard InChI is InChI=1S/C29H31F3N8O2/c1-19(41)18-35-28-34-7-6-25(37-28)40-9-8-33-26(40)20-4-3-5-23(15-20)36-27(42)21-14-22(29(30,31)32)17-24(16-21)39-12-10-38(2)11-13-39/h3-9,14-17,19,41H,10-13,18H2,1-2H3,(H,36,42)(H,34,35,37)/t19-/m0/s1. The number of amides is 1. The van der Waals surface area contributed by atoms with Gasteiger partial charge in [0, 0.05) is 73.8 Å². The van der Waals surface area contributed by atoms with E-state index in [0.717, 1.165) is 25.2 Å². The SMILES string of the molecule is C[C@H](O)CNc1nccc(-n2ccnc2-c2cccc(NC(=O)c3cc(N4CCN(C)CC4)cc(C(F)(F)F)c3)c2)n1. The Hall–Kier alpha value is -4.49. The summed E-state index contributed by atoms with van der Waals surface area (Å²) in [5, 5.41) is 15.2. The summed E-state index contributed by atoms with van der Waals surface area (Å²) in [6.07, 6.45) is -0.258. The van der Waals surface area contributed by atoms with E-state index in [-0.39, 0.29) is 12.1 Å². The number of hydrogen-bond acceptors (Lipinski definition) is 8.